The number of carbonyl (C=O) groups is 4. The lowest BCUT2D eigenvalue weighted by Gasteiger charge is -2.16. The average Bonchev–Trinajstić information content (AvgIpc) is 3.08. The van der Waals surface area contributed by atoms with Crippen molar-refractivity contribution in [2.75, 3.05) is 15.5 Å². The zero-order valence-corrected chi connectivity index (χ0v) is 22.2. The summed E-state index contributed by atoms with van der Waals surface area (Å²) in [5, 5.41) is 5.77. The molecule has 3 aromatic carbocycles. The highest BCUT2D eigenvalue weighted by atomic mass is 35.5. The van der Waals surface area contributed by atoms with Gasteiger partial charge in [-0.05, 0) is 80.9 Å². The fourth-order valence-electron chi connectivity index (χ4n) is 3.67. The molecule has 8 nitrogen and oxygen atoms in total. The highest BCUT2D eigenvalue weighted by Crippen LogP contribution is 2.32. The van der Waals surface area contributed by atoms with Crippen molar-refractivity contribution in [1.29, 1.82) is 0 Å². The van der Waals surface area contributed by atoms with Crippen LogP contribution in [0.4, 0.5) is 17.1 Å². The van der Waals surface area contributed by atoms with Crippen molar-refractivity contribution < 1.29 is 23.9 Å². The Hall–Kier alpha value is -4.14. The van der Waals surface area contributed by atoms with Crippen LogP contribution in [0.3, 0.4) is 0 Å². The van der Waals surface area contributed by atoms with Gasteiger partial charge in [0.05, 0.1) is 17.4 Å². The van der Waals surface area contributed by atoms with Gasteiger partial charge in [-0.1, -0.05) is 35.3 Å². The molecule has 1 aliphatic rings. The summed E-state index contributed by atoms with van der Waals surface area (Å²) in [5.41, 5.74) is 2.45. The molecule has 10 heteroatoms. The fourth-order valence-corrected chi connectivity index (χ4v) is 4.07. The predicted octanol–water partition coefficient (Wildman–Crippen LogP) is 5.90. The number of carbonyl (C=O) groups excluding carboxylic acids is 4. The Morgan fingerprint density at radius 3 is 2.24 bits per heavy atom. The van der Waals surface area contributed by atoms with Gasteiger partial charge in [0, 0.05) is 22.0 Å². The van der Waals surface area contributed by atoms with Gasteiger partial charge in [0.25, 0.3) is 17.7 Å². The standard InChI is InChI=1S/C28H23Cl2N3O5/c1-15(2)38-28(37)17-9-11-20(12-10-17)31-25(34)18-8-7-16(3)22(13-18)32-24-23(30)26(35)33(27(24)36)21-6-4-5-19(29)14-21/h4-15,32H,1-3H3,(H,31,34). The topological polar surface area (TPSA) is 105 Å². The molecule has 0 spiro atoms. The number of nitrogens with zero attached hydrogens (tertiary/aromatic N) is 1. The lowest BCUT2D eigenvalue weighted by molar-refractivity contribution is -0.120. The molecule has 3 amide bonds. The first kappa shape index (κ1) is 26.9. The van der Waals surface area contributed by atoms with Crippen molar-refractivity contribution in [3.8, 4) is 0 Å². The number of esters is 1. The first-order valence-electron chi connectivity index (χ1n) is 11.6. The Labute approximate surface area is 229 Å². The highest BCUT2D eigenvalue weighted by Gasteiger charge is 2.39. The third-order valence-corrected chi connectivity index (χ3v) is 6.16. The van der Waals surface area contributed by atoms with Gasteiger partial charge < -0.3 is 15.4 Å². The summed E-state index contributed by atoms with van der Waals surface area (Å²) in [7, 11) is 0. The summed E-state index contributed by atoms with van der Waals surface area (Å²) in [4.78, 5) is 51.7. The van der Waals surface area contributed by atoms with Crippen molar-refractivity contribution in [1.82, 2.24) is 0 Å². The summed E-state index contributed by atoms with van der Waals surface area (Å²) >= 11 is 12.3. The van der Waals surface area contributed by atoms with Crippen LogP contribution in [0.2, 0.25) is 5.02 Å². The average molecular weight is 552 g/mol. The van der Waals surface area contributed by atoms with Crippen LogP contribution in [0, 0.1) is 6.92 Å². The second kappa shape index (κ2) is 11.1. The van der Waals surface area contributed by atoms with E-state index in [2.05, 4.69) is 10.6 Å². The van der Waals surface area contributed by atoms with Gasteiger partial charge in [0.1, 0.15) is 10.7 Å². The summed E-state index contributed by atoms with van der Waals surface area (Å²) in [6.07, 6.45) is -0.241. The van der Waals surface area contributed by atoms with E-state index in [-0.39, 0.29) is 22.5 Å². The highest BCUT2D eigenvalue weighted by molar-refractivity contribution is 6.53. The molecule has 0 radical (unpaired) electrons. The van der Waals surface area contributed by atoms with E-state index in [0.717, 1.165) is 4.90 Å². The number of hydrogen-bond acceptors (Lipinski definition) is 6. The van der Waals surface area contributed by atoms with E-state index in [1.54, 1.807) is 81.4 Å². The predicted molar refractivity (Wildman–Crippen MR) is 147 cm³/mol. The van der Waals surface area contributed by atoms with Gasteiger partial charge in [-0.3, -0.25) is 14.4 Å². The Kier molecular flexibility index (Phi) is 7.85. The molecule has 0 bridgehead atoms. The first-order valence-corrected chi connectivity index (χ1v) is 12.3. The van der Waals surface area contributed by atoms with E-state index >= 15 is 0 Å². The molecule has 0 aromatic heterocycles. The van der Waals surface area contributed by atoms with E-state index in [1.165, 1.54) is 6.07 Å². The van der Waals surface area contributed by atoms with Crippen molar-refractivity contribution in [2.24, 2.45) is 0 Å². The van der Waals surface area contributed by atoms with Crippen molar-refractivity contribution in [3.05, 3.63) is 99.2 Å². The summed E-state index contributed by atoms with van der Waals surface area (Å²) in [6, 6.07) is 17.5. The van der Waals surface area contributed by atoms with E-state index in [1.807, 2.05) is 0 Å². The summed E-state index contributed by atoms with van der Waals surface area (Å²) < 4.78 is 5.16. The zero-order chi connectivity index (χ0) is 27.6. The van der Waals surface area contributed by atoms with Gasteiger partial charge in [-0.2, -0.15) is 0 Å². The first-order chi connectivity index (χ1) is 18.0. The van der Waals surface area contributed by atoms with E-state index in [0.29, 0.717) is 33.1 Å². The van der Waals surface area contributed by atoms with Gasteiger partial charge in [-0.25, -0.2) is 9.69 Å². The Balaban J connectivity index is 1.51. The monoisotopic (exact) mass is 551 g/mol. The molecule has 1 heterocycles. The van der Waals surface area contributed by atoms with E-state index < -0.39 is 23.7 Å². The van der Waals surface area contributed by atoms with Crippen LogP contribution in [-0.4, -0.2) is 29.8 Å². The number of imide groups is 1. The molecule has 3 aromatic rings. The van der Waals surface area contributed by atoms with Crippen LogP contribution in [0.25, 0.3) is 0 Å². The Bertz CT molecular complexity index is 1480. The molecule has 0 atom stereocenters. The normalized spacial score (nSPS) is 13.3. The van der Waals surface area contributed by atoms with Crippen LogP contribution in [0.5, 0.6) is 0 Å². The summed E-state index contributed by atoms with van der Waals surface area (Å²) in [5.74, 6) is -2.20. The number of ether oxygens (including phenoxy) is 1. The molecule has 0 saturated heterocycles. The third kappa shape index (κ3) is 5.72. The quantitative estimate of drug-likeness (QED) is 0.279. The molecule has 0 aliphatic carbocycles. The number of hydrogen-bond donors (Lipinski definition) is 2. The molecule has 194 valence electrons. The minimum Gasteiger partial charge on any atom is -0.459 e. The molecular formula is C28H23Cl2N3O5. The molecule has 4 rings (SSSR count). The fraction of sp³-hybridized carbons (Fsp3) is 0.143. The van der Waals surface area contributed by atoms with Gasteiger partial charge >= 0.3 is 5.97 Å². The second-order valence-corrected chi connectivity index (χ2v) is 9.57. The van der Waals surface area contributed by atoms with Gasteiger partial charge in [-0.15, -0.1) is 0 Å². The maximum absolute atomic E-state index is 13.1. The maximum Gasteiger partial charge on any atom is 0.338 e. The molecular weight excluding hydrogens is 529 g/mol. The van der Waals surface area contributed by atoms with E-state index in [9.17, 15) is 19.2 Å². The van der Waals surface area contributed by atoms with Crippen molar-refractivity contribution in [3.63, 3.8) is 0 Å². The molecule has 38 heavy (non-hydrogen) atoms. The smallest absolute Gasteiger partial charge is 0.338 e. The lowest BCUT2D eigenvalue weighted by atomic mass is 10.1. The van der Waals surface area contributed by atoms with Crippen LogP contribution in [-0.2, 0) is 14.3 Å². The summed E-state index contributed by atoms with van der Waals surface area (Å²) in [6.45, 7) is 5.30. The SMILES string of the molecule is Cc1ccc(C(=O)Nc2ccc(C(=O)OC(C)C)cc2)cc1NC1=C(Cl)C(=O)N(c2cccc(Cl)c2)C1=O. The lowest BCUT2D eigenvalue weighted by Crippen LogP contribution is -2.32. The van der Waals surface area contributed by atoms with E-state index in [4.69, 9.17) is 27.9 Å². The minimum atomic E-state index is -0.686. The number of aryl methyl sites for hydroxylation is 1. The molecule has 2 N–H and O–H groups in total. The van der Waals surface area contributed by atoms with Crippen LogP contribution < -0.4 is 15.5 Å². The molecule has 0 saturated carbocycles. The van der Waals surface area contributed by atoms with Crippen LogP contribution >= 0.6 is 23.2 Å². The Morgan fingerprint density at radius 2 is 1.58 bits per heavy atom. The number of nitrogens with one attached hydrogen (secondary N) is 2. The number of halogens is 2. The third-order valence-electron chi connectivity index (χ3n) is 5.57. The maximum atomic E-state index is 13.1. The molecule has 0 unspecified atom stereocenters. The minimum absolute atomic E-state index is 0.110. The second-order valence-electron chi connectivity index (χ2n) is 8.75. The zero-order valence-electron chi connectivity index (χ0n) is 20.7. The number of benzene rings is 3. The number of rotatable bonds is 7. The van der Waals surface area contributed by atoms with Crippen LogP contribution in [0.15, 0.2) is 77.5 Å². The number of amides is 3. The van der Waals surface area contributed by atoms with Gasteiger partial charge in [0.15, 0.2) is 0 Å². The molecule has 0 fully saturated rings. The largest absolute Gasteiger partial charge is 0.459 e. The van der Waals surface area contributed by atoms with Crippen molar-refractivity contribution >= 4 is 64.0 Å². The van der Waals surface area contributed by atoms with Crippen LogP contribution in [0.1, 0.15) is 40.1 Å². The Morgan fingerprint density at radius 1 is 0.895 bits per heavy atom. The van der Waals surface area contributed by atoms with Crippen molar-refractivity contribution in [2.45, 2.75) is 26.9 Å². The molecule has 1 aliphatic heterocycles. The number of anilines is 3. The van der Waals surface area contributed by atoms with Gasteiger partial charge in [0.2, 0.25) is 0 Å².